The highest BCUT2D eigenvalue weighted by molar-refractivity contribution is 6.06. The van der Waals surface area contributed by atoms with Crippen LogP contribution in [0.3, 0.4) is 0 Å². The number of hydrogen-bond acceptors (Lipinski definition) is 4. The lowest BCUT2D eigenvalue weighted by Gasteiger charge is -2.15. The first kappa shape index (κ1) is 17.5. The number of hydrazone groups is 1. The van der Waals surface area contributed by atoms with Gasteiger partial charge in [-0.05, 0) is 31.5 Å². The second kappa shape index (κ2) is 6.73. The fourth-order valence-electron chi connectivity index (χ4n) is 2.06. The van der Waals surface area contributed by atoms with Crippen molar-refractivity contribution in [2.45, 2.75) is 25.8 Å². The molecule has 1 aromatic rings. The molecule has 1 aliphatic heterocycles. The number of halogens is 2. The zero-order chi connectivity index (χ0) is 17.9. The predicted molar refractivity (Wildman–Crippen MR) is 81.0 cm³/mol. The van der Waals surface area contributed by atoms with Gasteiger partial charge >= 0.3 is 6.03 Å². The number of imide groups is 1. The third-order valence-corrected chi connectivity index (χ3v) is 3.35. The van der Waals surface area contributed by atoms with Gasteiger partial charge in [0.05, 0.1) is 6.21 Å². The standard InChI is InChI=1S/C15H16F2N4O3/c1-15(2)13(23)21(14(24)19-15)6-5-12(22)20-18-8-9-3-4-10(16)11(17)7-9/h3-4,7-8H,5-6H2,1-2H3,(H,19,24)(H,20,22)/b18-8-. The normalized spacial score (nSPS) is 16.6. The number of nitrogens with one attached hydrogen (secondary N) is 2. The quantitative estimate of drug-likeness (QED) is 0.479. The number of benzene rings is 1. The minimum atomic E-state index is -1.02. The minimum absolute atomic E-state index is 0.0827. The molecule has 0 radical (unpaired) electrons. The Balaban J connectivity index is 1.83. The maximum atomic E-state index is 13.0. The molecule has 0 spiro atoms. The zero-order valence-corrected chi connectivity index (χ0v) is 13.1. The molecule has 4 amide bonds. The second-order valence-electron chi connectivity index (χ2n) is 5.73. The summed E-state index contributed by atoms with van der Waals surface area (Å²) in [6, 6.07) is 2.62. The van der Waals surface area contributed by atoms with Gasteiger partial charge in [0, 0.05) is 13.0 Å². The van der Waals surface area contributed by atoms with Gasteiger partial charge in [-0.1, -0.05) is 6.07 Å². The van der Waals surface area contributed by atoms with Crippen LogP contribution >= 0.6 is 0 Å². The molecule has 1 fully saturated rings. The molecule has 0 unspecified atom stereocenters. The largest absolute Gasteiger partial charge is 0.325 e. The number of rotatable bonds is 5. The summed E-state index contributed by atoms with van der Waals surface area (Å²) in [5, 5.41) is 6.11. The summed E-state index contributed by atoms with van der Waals surface area (Å²) in [7, 11) is 0. The van der Waals surface area contributed by atoms with Crippen molar-refractivity contribution in [3.63, 3.8) is 0 Å². The van der Waals surface area contributed by atoms with E-state index in [-0.39, 0.29) is 18.5 Å². The van der Waals surface area contributed by atoms with Crippen molar-refractivity contribution >= 4 is 24.1 Å². The van der Waals surface area contributed by atoms with E-state index < -0.39 is 35.0 Å². The molecular formula is C15H16F2N4O3. The average molecular weight is 338 g/mol. The van der Waals surface area contributed by atoms with E-state index >= 15 is 0 Å². The van der Waals surface area contributed by atoms with E-state index in [2.05, 4.69) is 15.8 Å². The van der Waals surface area contributed by atoms with E-state index in [9.17, 15) is 23.2 Å². The Morgan fingerprint density at radius 3 is 2.62 bits per heavy atom. The van der Waals surface area contributed by atoms with Gasteiger partial charge in [0.2, 0.25) is 5.91 Å². The summed E-state index contributed by atoms with van der Waals surface area (Å²) in [6.07, 6.45) is 1.02. The molecule has 0 saturated carbocycles. The van der Waals surface area contributed by atoms with Crippen LogP contribution in [0, 0.1) is 11.6 Å². The lowest BCUT2D eigenvalue weighted by atomic mass is 10.1. The predicted octanol–water partition coefficient (Wildman–Crippen LogP) is 1.14. The lowest BCUT2D eigenvalue weighted by Crippen LogP contribution is -2.40. The number of carbonyl (C=O) groups excluding carboxylic acids is 3. The van der Waals surface area contributed by atoms with Gasteiger partial charge in [0.1, 0.15) is 5.54 Å². The summed E-state index contributed by atoms with van der Waals surface area (Å²) in [5.74, 6) is -2.94. The van der Waals surface area contributed by atoms with Crippen LogP contribution in [0.4, 0.5) is 13.6 Å². The van der Waals surface area contributed by atoms with E-state index in [1.807, 2.05) is 0 Å². The highest BCUT2D eigenvalue weighted by Crippen LogP contribution is 2.16. The summed E-state index contributed by atoms with van der Waals surface area (Å²) < 4.78 is 25.8. The van der Waals surface area contributed by atoms with Crippen LogP contribution < -0.4 is 10.7 Å². The van der Waals surface area contributed by atoms with Crippen molar-refractivity contribution in [3.05, 3.63) is 35.4 Å². The molecule has 7 nitrogen and oxygen atoms in total. The first-order chi connectivity index (χ1) is 11.2. The van der Waals surface area contributed by atoms with E-state index in [4.69, 9.17) is 0 Å². The minimum Gasteiger partial charge on any atom is -0.324 e. The Kier molecular flexibility index (Phi) is 4.91. The molecular weight excluding hydrogens is 322 g/mol. The number of carbonyl (C=O) groups is 3. The van der Waals surface area contributed by atoms with Gasteiger partial charge in [0.15, 0.2) is 11.6 Å². The monoisotopic (exact) mass is 338 g/mol. The molecule has 1 saturated heterocycles. The molecule has 0 bridgehead atoms. The zero-order valence-electron chi connectivity index (χ0n) is 13.1. The van der Waals surface area contributed by atoms with Crippen molar-refractivity contribution in [1.29, 1.82) is 0 Å². The van der Waals surface area contributed by atoms with Gasteiger partial charge < -0.3 is 5.32 Å². The van der Waals surface area contributed by atoms with Gasteiger partial charge in [-0.15, -0.1) is 0 Å². The van der Waals surface area contributed by atoms with Crippen LogP contribution in [0.25, 0.3) is 0 Å². The first-order valence-corrected chi connectivity index (χ1v) is 7.12. The Morgan fingerprint density at radius 2 is 2.04 bits per heavy atom. The Hall–Kier alpha value is -2.84. The van der Waals surface area contributed by atoms with Gasteiger partial charge in [0.25, 0.3) is 5.91 Å². The van der Waals surface area contributed by atoms with Crippen LogP contribution in [0.15, 0.2) is 23.3 Å². The van der Waals surface area contributed by atoms with Crippen molar-refractivity contribution in [1.82, 2.24) is 15.6 Å². The van der Waals surface area contributed by atoms with E-state index in [0.717, 1.165) is 23.2 Å². The molecule has 128 valence electrons. The fourth-order valence-corrected chi connectivity index (χ4v) is 2.06. The van der Waals surface area contributed by atoms with Crippen LogP contribution in [-0.4, -0.2) is 41.0 Å². The average Bonchev–Trinajstić information content (AvgIpc) is 2.69. The van der Waals surface area contributed by atoms with Gasteiger partial charge in [-0.2, -0.15) is 5.10 Å². The van der Waals surface area contributed by atoms with Crippen molar-refractivity contribution in [3.8, 4) is 0 Å². The van der Waals surface area contributed by atoms with E-state index in [1.54, 1.807) is 13.8 Å². The first-order valence-electron chi connectivity index (χ1n) is 7.12. The third-order valence-electron chi connectivity index (χ3n) is 3.35. The number of amides is 4. The molecule has 24 heavy (non-hydrogen) atoms. The maximum Gasteiger partial charge on any atom is 0.325 e. The van der Waals surface area contributed by atoms with Crippen LogP contribution in [0.1, 0.15) is 25.8 Å². The second-order valence-corrected chi connectivity index (χ2v) is 5.73. The van der Waals surface area contributed by atoms with Gasteiger partial charge in [-0.3, -0.25) is 14.5 Å². The highest BCUT2D eigenvalue weighted by atomic mass is 19.2. The Morgan fingerprint density at radius 1 is 1.33 bits per heavy atom. The summed E-state index contributed by atoms with van der Waals surface area (Å²) >= 11 is 0. The van der Waals surface area contributed by atoms with Crippen LogP contribution in [-0.2, 0) is 9.59 Å². The molecule has 9 heteroatoms. The van der Waals surface area contributed by atoms with Crippen LogP contribution in [0.5, 0.6) is 0 Å². The molecule has 0 aromatic heterocycles. The smallest absolute Gasteiger partial charge is 0.324 e. The molecule has 0 aliphatic carbocycles. The lowest BCUT2D eigenvalue weighted by molar-refractivity contribution is -0.130. The van der Waals surface area contributed by atoms with Crippen molar-refractivity contribution < 1.29 is 23.2 Å². The fraction of sp³-hybridized carbons (Fsp3) is 0.333. The summed E-state index contributed by atoms with van der Waals surface area (Å²) in [4.78, 5) is 36.2. The number of urea groups is 1. The number of hydrogen-bond donors (Lipinski definition) is 2. The topological polar surface area (TPSA) is 90.9 Å². The molecule has 2 rings (SSSR count). The Labute approximate surface area is 136 Å². The Bertz CT molecular complexity index is 719. The van der Waals surface area contributed by atoms with Crippen LogP contribution in [0.2, 0.25) is 0 Å². The van der Waals surface area contributed by atoms with Crippen molar-refractivity contribution in [2.75, 3.05) is 6.54 Å². The molecule has 1 aromatic carbocycles. The highest BCUT2D eigenvalue weighted by Gasteiger charge is 2.43. The molecule has 2 N–H and O–H groups in total. The third kappa shape index (κ3) is 3.92. The molecule has 1 aliphatic rings. The molecule has 1 heterocycles. The number of nitrogens with zero attached hydrogens (tertiary/aromatic N) is 2. The SMILES string of the molecule is CC1(C)NC(=O)N(CCC(=O)N/N=C\c2ccc(F)c(F)c2)C1=O. The summed E-state index contributed by atoms with van der Waals surface area (Å²) in [5.41, 5.74) is 1.47. The maximum absolute atomic E-state index is 13.0. The van der Waals surface area contributed by atoms with E-state index in [0.29, 0.717) is 0 Å². The van der Waals surface area contributed by atoms with E-state index in [1.165, 1.54) is 6.07 Å². The molecule has 0 atom stereocenters. The van der Waals surface area contributed by atoms with Crippen molar-refractivity contribution in [2.24, 2.45) is 5.10 Å². The summed E-state index contributed by atoms with van der Waals surface area (Å²) in [6.45, 7) is 3.06. The van der Waals surface area contributed by atoms with Gasteiger partial charge in [-0.25, -0.2) is 19.0 Å².